The first kappa shape index (κ1) is 20.3. The summed E-state index contributed by atoms with van der Waals surface area (Å²) in [5.74, 6) is 0.718. The number of nitrogens with zero attached hydrogens (tertiary/aromatic N) is 4. The largest absolute Gasteiger partial charge is 0.494 e. The zero-order valence-corrected chi connectivity index (χ0v) is 18.0. The lowest BCUT2D eigenvalue weighted by molar-refractivity contribution is 0.0531. The second-order valence-electron chi connectivity index (χ2n) is 6.94. The van der Waals surface area contributed by atoms with Gasteiger partial charge < -0.3 is 19.3 Å². The fraction of sp³-hybridized carbons (Fsp3) is 0.381. The van der Waals surface area contributed by atoms with Crippen LogP contribution in [0.4, 0.5) is 15.9 Å². The Balaban J connectivity index is 1.59. The van der Waals surface area contributed by atoms with E-state index in [9.17, 15) is 9.18 Å². The Kier molecular flexibility index (Phi) is 5.72. The van der Waals surface area contributed by atoms with Gasteiger partial charge in [0, 0.05) is 32.2 Å². The van der Waals surface area contributed by atoms with E-state index in [0.29, 0.717) is 17.2 Å². The summed E-state index contributed by atoms with van der Waals surface area (Å²) in [6.07, 6.45) is 1.54. The topological polar surface area (TPSA) is 67.8 Å². The van der Waals surface area contributed by atoms with Crippen molar-refractivity contribution in [1.82, 2.24) is 9.97 Å². The van der Waals surface area contributed by atoms with Crippen LogP contribution in [-0.2, 0) is 4.74 Å². The molecule has 158 valence electrons. The van der Waals surface area contributed by atoms with Gasteiger partial charge >= 0.3 is 5.97 Å². The summed E-state index contributed by atoms with van der Waals surface area (Å²) in [6.45, 7) is 6.98. The molecule has 1 aromatic carbocycles. The third-order valence-corrected chi connectivity index (χ3v) is 6.41. The predicted molar refractivity (Wildman–Crippen MR) is 115 cm³/mol. The molecule has 0 atom stereocenters. The highest BCUT2D eigenvalue weighted by Crippen LogP contribution is 2.36. The molecule has 0 saturated carbocycles. The fourth-order valence-electron chi connectivity index (χ4n) is 3.76. The van der Waals surface area contributed by atoms with Crippen LogP contribution < -0.4 is 14.5 Å². The highest BCUT2D eigenvalue weighted by Gasteiger charge is 2.26. The van der Waals surface area contributed by atoms with Crippen molar-refractivity contribution in [3.05, 3.63) is 40.8 Å². The molecule has 0 spiro atoms. The minimum Gasteiger partial charge on any atom is -0.494 e. The summed E-state index contributed by atoms with van der Waals surface area (Å²) in [5.41, 5.74) is 1.73. The number of carbonyl (C=O) groups is 1. The Morgan fingerprint density at radius 2 is 1.93 bits per heavy atom. The molecular formula is C21H23FN4O3S. The first-order valence-corrected chi connectivity index (χ1v) is 10.6. The number of ether oxygens (including phenoxy) is 2. The number of halogens is 1. The molecule has 0 amide bonds. The lowest BCUT2D eigenvalue weighted by atomic mass is 10.1. The number of fused-ring (bicyclic) bond motifs is 1. The van der Waals surface area contributed by atoms with Gasteiger partial charge in [0.25, 0.3) is 0 Å². The van der Waals surface area contributed by atoms with Crippen LogP contribution in [0.25, 0.3) is 10.2 Å². The molecule has 0 aliphatic carbocycles. The summed E-state index contributed by atoms with van der Waals surface area (Å²) in [6, 6.07) is 4.60. The second-order valence-corrected chi connectivity index (χ2v) is 7.94. The van der Waals surface area contributed by atoms with Crippen LogP contribution >= 0.6 is 11.3 Å². The van der Waals surface area contributed by atoms with Gasteiger partial charge in [0.2, 0.25) is 0 Å². The molecule has 0 bridgehead atoms. The van der Waals surface area contributed by atoms with Gasteiger partial charge in [-0.05, 0) is 31.5 Å². The lowest BCUT2D eigenvalue weighted by Gasteiger charge is -2.37. The number of aromatic nitrogens is 2. The minimum absolute atomic E-state index is 0.317. The predicted octanol–water partition coefficient (Wildman–Crippen LogP) is 3.65. The molecule has 0 radical (unpaired) electrons. The van der Waals surface area contributed by atoms with Gasteiger partial charge in [0.05, 0.1) is 24.8 Å². The van der Waals surface area contributed by atoms with Crippen LogP contribution in [0, 0.1) is 12.7 Å². The molecular weight excluding hydrogens is 407 g/mol. The van der Waals surface area contributed by atoms with Gasteiger partial charge in [0.1, 0.15) is 33.4 Å². The molecule has 1 fully saturated rings. The van der Waals surface area contributed by atoms with Crippen LogP contribution in [0.5, 0.6) is 5.75 Å². The molecule has 30 heavy (non-hydrogen) atoms. The summed E-state index contributed by atoms with van der Waals surface area (Å²) in [4.78, 5) is 26.9. The number of esters is 1. The molecule has 4 rings (SSSR count). The molecule has 2 aromatic heterocycles. The number of benzene rings is 1. The monoisotopic (exact) mass is 430 g/mol. The maximum Gasteiger partial charge on any atom is 0.348 e. The van der Waals surface area contributed by atoms with E-state index in [4.69, 9.17) is 9.47 Å². The van der Waals surface area contributed by atoms with Crippen molar-refractivity contribution in [2.75, 3.05) is 49.7 Å². The van der Waals surface area contributed by atoms with Crippen LogP contribution in [0.2, 0.25) is 0 Å². The first-order valence-electron chi connectivity index (χ1n) is 9.78. The van der Waals surface area contributed by atoms with Crippen molar-refractivity contribution in [2.24, 2.45) is 0 Å². The fourth-order valence-corrected chi connectivity index (χ4v) is 4.79. The number of anilines is 2. The zero-order chi connectivity index (χ0) is 21.3. The Hall–Kier alpha value is -2.94. The van der Waals surface area contributed by atoms with Crippen molar-refractivity contribution >= 4 is 39.0 Å². The highest BCUT2D eigenvalue weighted by atomic mass is 32.1. The van der Waals surface area contributed by atoms with E-state index in [1.54, 1.807) is 20.1 Å². The average Bonchev–Trinajstić information content (AvgIpc) is 3.11. The highest BCUT2D eigenvalue weighted by molar-refractivity contribution is 7.20. The molecule has 1 aliphatic rings. The van der Waals surface area contributed by atoms with Crippen molar-refractivity contribution in [2.45, 2.75) is 13.8 Å². The van der Waals surface area contributed by atoms with Gasteiger partial charge in [-0.15, -0.1) is 11.3 Å². The zero-order valence-electron chi connectivity index (χ0n) is 17.1. The molecule has 1 aliphatic heterocycles. The van der Waals surface area contributed by atoms with Gasteiger partial charge in [-0.25, -0.2) is 19.2 Å². The van der Waals surface area contributed by atoms with Crippen molar-refractivity contribution in [3.8, 4) is 5.75 Å². The van der Waals surface area contributed by atoms with E-state index in [1.165, 1.54) is 29.8 Å². The van der Waals surface area contributed by atoms with E-state index < -0.39 is 0 Å². The van der Waals surface area contributed by atoms with Crippen LogP contribution in [-0.4, -0.2) is 55.8 Å². The lowest BCUT2D eigenvalue weighted by Crippen LogP contribution is -2.47. The molecule has 7 nitrogen and oxygen atoms in total. The van der Waals surface area contributed by atoms with Crippen LogP contribution in [0.1, 0.15) is 22.2 Å². The third-order valence-electron chi connectivity index (χ3n) is 5.23. The van der Waals surface area contributed by atoms with Crippen molar-refractivity contribution in [1.29, 1.82) is 0 Å². The normalized spacial score (nSPS) is 14.3. The summed E-state index contributed by atoms with van der Waals surface area (Å²) in [5, 5.41) is 0.901. The number of piperazine rings is 1. The van der Waals surface area contributed by atoms with E-state index >= 15 is 0 Å². The number of hydrogen-bond acceptors (Lipinski definition) is 8. The SMILES string of the molecule is CCOC(=O)c1sc2ncnc(N3CCN(c4ccc(F)cc4OC)CC3)c2c1C. The first-order chi connectivity index (χ1) is 14.5. The maximum absolute atomic E-state index is 13.5. The molecule has 0 unspecified atom stereocenters. The van der Waals surface area contributed by atoms with E-state index in [-0.39, 0.29) is 11.8 Å². The van der Waals surface area contributed by atoms with Crippen LogP contribution in [0.15, 0.2) is 24.5 Å². The van der Waals surface area contributed by atoms with Gasteiger partial charge in [-0.3, -0.25) is 0 Å². The number of carbonyl (C=O) groups excluding carboxylic acids is 1. The molecule has 0 N–H and O–H groups in total. The van der Waals surface area contributed by atoms with Crippen molar-refractivity contribution in [3.63, 3.8) is 0 Å². The smallest absolute Gasteiger partial charge is 0.348 e. The van der Waals surface area contributed by atoms with Crippen LogP contribution in [0.3, 0.4) is 0 Å². The minimum atomic E-state index is -0.322. The van der Waals surface area contributed by atoms with E-state index in [1.807, 2.05) is 6.92 Å². The Labute approximate surface area is 178 Å². The Bertz CT molecular complexity index is 1080. The van der Waals surface area contributed by atoms with Gasteiger partial charge in [-0.2, -0.15) is 0 Å². The summed E-state index contributed by atoms with van der Waals surface area (Å²) in [7, 11) is 1.55. The average molecular weight is 431 g/mol. The molecule has 1 saturated heterocycles. The number of aryl methyl sites for hydroxylation is 1. The Morgan fingerprint density at radius 3 is 2.63 bits per heavy atom. The third kappa shape index (κ3) is 3.65. The molecule has 3 aromatic rings. The quantitative estimate of drug-likeness (QED) is 0.573. The summed E-state index contributed by atoms with van der Waals surface area (Å²) < 4.78 is 24.1. The number of hydrogen-bond donors (Lipinski definition) is 0. The standard InChI is InChI=1S/C21H23FN4O3S/c1-4-29-21(27)18-13(2)17-19(23-12-24-20(17)30-18)26-9-7-25(8-10-26)15-6-5-14(22)11-16(15)28-3/h5-6,11-12H,4,7-10H2,1-3H3. The van der Waals surface area contributed by atoms with E-state index in [2.05, 4.69) is 19.8 Å². The van der Waals surface area contributed by atoms with Gasteiger partial charge in [-0.1, -0.05) is 0 Å². The number of thiophene rings is 1. The number of rotatable bonds is 5. The molecule has 9 heteroatoms. The maximum atomic E-state index is 13.5. The Morgan fingerprint density at radius 1 is 1.20 bits per heavy atom. The molecule has 3 heterocycles. The van der Waals surface area contributed by atoms with E-state index in [0.717, 1.165) is 53.5 Å². The second kappa shape index (κ2) is 8.43. The number of methoxy groups -OCH3 is 1. The van der Waals surface area contributed by atoms with Crippen molar-refractivity contribution < 1.29 is 18.7 Å². The van der Waals surface area contributed by atoms with Gasteiger partial charge in [0.15, 0.2) is 0 Å². The summed E-state index contributed by atoms with van der Waals surface area (Å²) >= 11 is 1.34.